The lowest BCUT2D eigenvalue weighted by molar-refractivity contribution is -0.136. The van der Waals surface area contributed by atoms with E-state index >= 15 is 0 Å². The number of carbonyl (C=O) groups excluding carboxylic acids is 1. The van der Waals surface area contributed by atoms with Crippen LogP contribution in [0.3, 0.4) is 0 Å². The van der Waals surface area contributed by atoms with Gasteiger partial charge in [0, 0.05) is 37.9 Å². The molecular weight excluding hydrogens is 254 g/mol. The molecule has 0 unspecified atom stereocenters. The van der Waals surface area contributed by atoms with Crippen molar-refractivity contribution in [2.24, 2.45) is 5.73 Å². The van der Waals surface area contributed by atoms with Gasteiger partial charge in [0.2, 0.25) is 5.91 Å². The minimum Gasteiger partial charge on any atom is -0.497 e. The van der Waals surface area contributed by atoms with Crippen LogP contribution in [0.25, 0.3) is 0 Å². The van der Waals surface area contributed by atoms with Gasteiger partial charge in [0.25, 0.3) is 0 Å². The first-order chi connectivity index (χ1) is 9.41. The summed E-state index contributed by atoms with van der Waals surface area (Å²) in [5.74, 6) is 0.867. The highest BCUT2D eigenvalue weighted by atomic mass is 16.5. The van der Waals surface area contributed by atoms with Gasteiger partial charge in [0.15, 0.2) is 0 Å². The molecule has 0 aromatic heterocycles. The predicted molar refractivity (Wildman–Crippen MR) is 80.1 cm³/mol. The van der Waals surface area contributed by atoms with E-state index < -0.39 is 5.54 Å². The number of amides is 1. The number of methoxy groups -OCH3 is 1. The van der Waals surface area contributed by atoms with Gasteiger partial charge in [-0.25, -0.2) is 0 Å². The van der Waals surface area contributed by atoms with Gasteiger partial charge in [0.1, 0.15) is 5.75 Å². The Balaban J connectivity index is 1.99. The van der Waals surface area contributed by atoms with Crippen molar-refractivity contribution in [3.8, 4) is 5.75 Å². The van der Waals surface area contributed by atoms with Gasteiger partial charge in [-0.2, -0.15) is 0 Å². The number of hydrogen-bond acceptors (Lipinski definition) is 4. The summed E-state index contributed by atoms with van der Waals surface area (Å²) in [6, 6.07) is 7.99. The second kappa shape index (κ2) is 5.71. The number of hydrogen-bond donors (Lipinski definition) is 1. The molecule has 0 spiro atoms. The molecule has 0 aliphatic carbocycles. The molecule has 20 heavy (non-hydrogen) atoms. The van der Waals surface area contributed by atoms with E-state index in [4.69, 9.17) is 10.5 Å². The predicted octanol–water partition coefficient (Wildman–Crippen LogP) is 1.08. The number of benzene rings is 1. The first kappa shape index (κ1) is 14.7. The summed E-state index contributed by atoms with van der Waals surface area (Å²) in [4.78, 5) is 16.2. The first-order valence-electron chi connectivity index (χ1n) is 6.89. The van der Waals surface area contributed by atoms with Crippen LogP contribution in [0.5, 0.6) is 5.75 Å². The average molecular weight is 277 g/mol. The number of nitrogens with two attached hydrogens (primary N) is 1. The highest BCUT2D eigenvalue weighted by molar-refractivity contribution is 5.85. The maximum Gasteiger partial charge on any atom is 0.242 e. The molecule has 1 aliphatic heterocycles. The van der Waals surface area contributed by atoms with Crippen molar-refractivity contribution in [2.45, 2.75) is 19.4 Å². The third kappa shape index (κ3) is 3.22. The van der Waals surface area contributed by atoms with Gasteiger partial charge in [0.05, 0.1) is 12.6 Å². The van der Waals surface area contributed by atoms with Crippen molar-refractivity contribution in [2.75, 3.05) is 38.2 Å². The van der Waals surface area contributed by atoms with Crippen molar-refractivity contribution in [3.63, 3.8) is 0 Å². The zero-order valence-corrected chi connectivity index (χ0v) is 12.4. The van der Waals surface area contributed by atoms with E-state index in [2.05, 4.69) is 11.0 Å². The molecule has 0 radical (unpaired) electrons. The number of ether oxygens (including phenoxy) is 1. The fraction of sp³-hybridized carbons (Fsp3) is 0.533. The van der Waals surface area contributed by atoms with E-state index in [-0.39, 0.29) is 5.91 Å². The lowest BCUT2D eigenvalue weighted by Crippen LogP contribution is -2.57. The number of carbonyl (C=O) groups is 1. The Kier molecular flexibility index (Phi) is 4.18. The van der Waals surface area contributed by atoms with Gasteiger partial charge < -0.3 is 20.3 Å². The summed E-state index contributed by atoms with van der Waals surface area (Å²) in [6.45, 7) is 6.55. The topological polar surface area (TPSA) is 58.8 Å². The molecule has 2 N–H and O–H groups in total. The third-order valence-electron chi connectivity index (χ3n) is 3.54. The molecule has 1 saturated heterocycles. The molecule has 1 fully saturated rings. The average Bonchev–Trinajstić information content (AvgIpc) is 2.46. The van der Waals surface area contributed by atoms with Crippen molar-refractivity contribution in [1.82, 2.24) is 4.90 Å². The molecule has 1 heterocycles. The number of rotatable bonds is 3. The van der Waals surface area contributed by atoms with Gasteiger partial charge in [-0.15, -0.1) is 0 Å². The number of nitrogens with zero attached hydrogens (tertiary/aromatic N) is 2. The molecule has 0 bridgehead atoms. The van der Waals surface area contributed by atoms with Crippen LogP contribution < -0.4 is 15.4 Å². The largest absolute Gasteiger partial charge is 0.497 e. The van der Waals surface area contributed by atoms with E-state index in [0.29, 0.717) is 13.1 Å². The van der Waals surface area contributed by atoms with E-state index in [1.807, 2.05) is 23.1 Å². The maximum atomic E-state index is 12.1. The fourth-order valence-corrected chi connectivity index (χ4v) is 2.38. The molecule has 5 heteroatoms. The first-order valence-corrected chi connectivity index (χ1v) is 6.89. The Morgan fingerprint density at radius 2 is 1.90 bits per heavy atom. The zero-order valence-electron chi connectivity index (χ0n) is 12.4. The Hall–Kier alpha value is -1.75. The highest BCUT2D eigenvalue weighted by Crippen LogP contribution is 2.22. The summed E-state index contributed by atoms with van der Waals surface area (Å²) in [7, 11) is 1.67. The molecular formula is C15H23N3O2. The van der Waals surface area contributed by atoms with E-state index in [1.165, 1.54) is 0 Å². The zero-order chi connectivity index (χ0) is 14.8. The minimum atomic E-state index is -0.794. The second-order valence-corrected chi connectivity index (χ2v) is 5.70. The lowest BCUT2D eigenvalue weighted by atomic mass is 10.0. The summed E-state index contributed by atoms with van der Waals surface area (Å²) in [5, 5.41) is 0. The van der Waals surface area contributed by atoms with Crippen LogP contribution in [0.2, 0.25) is 0 Å². The second-order valence-electron chi connectivity index (χ2n) is 5.70. The standard InChI is InChI=1S/C15H23N3O2/c1-15(2,16)14(19)18-9-7-17(8-10-18)12-5-4-6-13(11-12)20-3/h4-6,11H,7-10,16H2,1-3H3. The molecule has 0 atom stereocenters. The molecule has 1 amide bonds. The quantitative estimate of drug-likeness (QED) is 0.898. The van der Waals surface area contributed by atoms with Gasteiger partial charge in [-0.1, -0.05) is 6.07 Å². The molecule has 0 saturated carbocycles. The number of anilines is 1. The van der Waals surface area contributed by atoms with E-state index in [9.17, 15) is 4.79 Å². The Bertz CT molecular complexity index is 474. The molecule has 2 rings (SSSR count). The minimum absolute atomic E-state index is 0.0165. The van der Waals surface area contributed by atoms with Crippen LogP contribution >= 0.6 is 0 Å². The SMILES string of the molecule is COc1cccc(N2CCN(C(=O)C(C)(C)N)CC2)c1. The smallest absolute Gasteiger partial charge is 0.242 e. The summed E-state index contributed by atoms with van der Waals surface area (Å²) in [5.41, 5.74) is 6.21. The van der Waals surface area contributed by atoms with Crippen LogP contribution in [0.15, 0.2) is 24.3 Å². The van der Waals surface area contributed by atoms with Gasteiger partial charge in [-0.05, 0) is 26.0 Å². The van der Waals surface area contributed by atoms with Crippen molar-refractivity contribution in [3.05, 3.63) is 24.3 Å². The molecule has 1 aromatic carbocycles. The molecule has 1 aromatic rings. The van der Waals surface area contributed by atoms with E-state index in [1.54, 1.807) is 21.0 Å². The number of piperazine rings is 1. The third-order valence-corrected chi connectivity index (χ3v) is 3.54. The van der Waals surface area contributed by atoms with Crippen LogP contribution in [0, 0.1) is 0 Å². The van der Waals surface area contributed by atoms with Crippen LogP contribution in [0.4, 0.5) is 5.69 Å². The summed E-state index contributed by atoms with van der Waals surface area (Å²) >= 11 is 0. The summed E-state index contributed by atoms with van der Waals surface area (Å²) < 4.78 is 5.24. The van der Waals surface area contributed by atoms with Gasteiger partial charge in [-0.3, -0.25) is 4.79 Å². The maximum absolute atomic E-state index is 12.1. The lowest BCUT2D eigenvalue weighted by Gasteiger charge is -2.38. The normalized spacial score (nSPS) is 16.2. The van der Waals surface area contributed by atoms with Crippen LogP contribution in [0.1, 0.15) is 13.8 Å². The molecule has 110 valence electrons. The highest BCUT2D eigenvalue weighted by Gasteiger charge is 2.30. The monoisotopic (exact) mass is 277 g/mol. The fourth-order valence-electron chi connectivity index (χ4n) is 2.38. The van der Waals surface area contributed by atoms with Crippen molar-refractivity contribution in [1.29, 1.82) is 0 Å². The van der Waals surface area contributed by atoms with E-state index in [0.717, 1.165) is 24.5 Å². The van der Waals surface area contributed by atoms with Crippen molar-refractivity contribution >= 4 is 11.6 Å². The molecule has 5 nitrogen and oxygen atoms in total. The van der Waals surface area contributed by atoms with Crippen LogP contribution in [-0.4, -0.2) is 49.6 Å². The summed E-state index contributed by atoms with van der Waals surface area (Å²) in [6.07, 6.45) is 0. The van der Waals surface area contributed by atoms with Crippen molar-refractivity contribution < 1.29 is 9.53 Å². The van der Waals surface area contributed by atoms with Gasteiger partial charge >= 0.3 is 0 Å². The van der Waals surface area contributed by atoms with Crippen LogP contribution in [-0.2, 0) is 4.79 Å². The Morgan fingerprint density at radius 1 is 1.25 bits per heavy atom. The molecule has 1 aliphatic rings. The Labute approximate surface area is 120 Å². The Morgan fingerprint density at radius 3 is 2.45 bits per heavy atom.